The third-order valence-electron chi connectivity index (χ3n) is 3.30. The third-order valence-corrected chi connectivity index (χ3v) is 6.38. The second-order valence-corrected chi connectivity index (χ2v) is 7.31. The first-order valence-electron chi connectivity index (χ1n) is 6.50. The molecule has 0 heterocycles. The van der Waals surface area contributed by atoms with Gasteiger partial charge in [0.2, 0.25) is 0 Å². The Bertz CT molecular complexity index is 618. The molecule has 0 aliphatic rings. The van der Waals surface area contributed by atoms with Crippen molar-refractivity contribution in [3.63, 3.8) is 0 Å². The Morgan fingerprint density at radius 2 is 1.00 bits per heavy atom. The maximum Gasteiger partial charge on any atom is 0.171 e. The van der Waals surface area contributed by atoms with E-state index in [0.717, 1.165) is 15.9 Å². The van der Waals surface area contributed by atoms with Crippen LogP contribution >= 0.6 is 7.14 Å². The van der Waals surface area contributed by atoms with Gasteiger partial charge in [-0.25, -0.2) is 0 Å². The second-order valence-electron chi connectivity index (χ2n) is 4.54. The molecule has 2 heteroatoms. The quantitative estimate of drug-likeness (QED) is 0.672. The molecule has 0 bridgehead atoms. The average Bonchev–Trinajstić information content (AvgIpc) is 2.56. The molecule has 0 atom stereocenters. The number of hydrogen-bond acceptors (Lipinski definition) is 1. The molecule has 0 fully saturated rings. The van der Waals surface area contributed by atoms with Crippen molar-refractivity contribution in [2.24, 2.45) is 0 Å². The van der Waals surface area contributed by atoms with Gasteiger partial charge < -0.3 is 4.57 Å². The molecule has 0 saturated heterocycles. The van der Waals surface area contributed by atoms with Gasteiger partial charge in [-0.3, -0.25) is 0 Å². The largest absolute Gasteiger partial charge is 0.309 e. The highest BCUT2D eigenvalue weighted by Gasteiger charge is 2.28. The maximum absolute atomic E-state index is 13.8. The van der Waals surface area contributed by atoms with Gasteiger partial charge in [0.05, 0.1) is 0 Å². The van der Waals surface area contributed by atoms with E-state index in [4.69, 9.17) is 0 Å². The lowest BCUT2D eigenvalue weighted by Gasteiger charge is -2.19. The highest BCUT2D eigenvalue weighted by Crippen LogP contribution is 2.41. The summed E-state index contributed by atoms with van der Waals surface area (Å²) < 4.78 is 13.8. The predicted octanol–water partition coefficient (Wildman–Crippen LogP) is 3.13. The summed E-state index contributed by atoms with van der Waals surface area (Å²) in [5.41, 5.74) is 0. The molecule has 3 rings (SSSR count). The molecule has 1 radical (unpaired) electrons. The molecular formula is C18H14OP. The molecule has 97 valence electrons. The van der Waals surface area contributed by atoms with Crippen molar-refractivity contribution in [3.05, 3.63) is 91.0 Å². The van der Waals surface area contributed by atoms with E-state index in [9.17, 15) is 4.57 Å². The van der Waals surface area contributed by atoms with Crippen LogP contribution in [0.5, 0.6) is 0 Å². The van der Waals surface area contributed by atoms with Gasteiger partial charge in [0, 0.05) is 15.9 Å². The molecule has 0 amide bonds. The van der Waals surface area contributed by atoms with Crippen LogP contribution in [0, 0.1) is 6.07 Å². The Labute approximate surface area is 119 Å². The first-order valence-corrected chi connectivity index (χ1v) is 8.20. The molecule has 1 nitrogen and oxygen atoms in total. The van der Waals surface area contributed by atoms with Crippen molar-refractivity contribution in [2.75, 3.05) is 0 Å². The van der Waals surface area contributed by atoms with Crippen LogP contribution in [0.15, 0.2) is 84.9 Å². The van der Waals surface area contributed by atoms with Gasteiger partial charge in [0.1, 0.15) is 0 Å². The molecule has 3 aromatic carbocycles. The summed E-state index contributed by atoms with van der Waals surface area (Å²) in [6.45, 7) is 0. The topological polar surface area (TPSA) is 17.1 Å². The Kier molecular flexibility index (Phi) is 3.54. The van der Waals surface area contributed by atoms with Crippen LogP contribution < -0.4 is 15.9 Å². The summed E-state index contributed by atoms with van der Waals surface area (Å²) in [7, 11) is -2.80. The van der Waals surface area contributed by atoms with E-state index in [2.05, 4.69) is 6.07 Å². The van der Waals surface area contributed by atoms with Gasteiger partial charge >= 0.3 is 0 Å². The lowest BCUT2D eigenvalue weighted by atomic mass is 10.4. The average molecular weight is 277 g/mol. The predicted molar refractivity (Wildman–Crippen MR) is 84.7 cm³/mol. The Balaban J connectivity index is 2.27. The van der Waals surface area contributed by atoms with Crippen molar-refractivity contribution in [1.82, 2.24) is 0 Å². The SMILES string of the molecule is O=P(c1cc[c]cc1)(c1ccccc1)c1ccccc1. The normalized spacial score (nSPS) is 11.2. The minimum atomic E-state index is -2.80. The summed E-state index contributed by atoms with van der Waals surface area (Å²) in [6.07, 6.45) is 0. The minimum absolute atomic E-state index is 0.841. The Morgan fingerprint density at radius 3 is 1.45 bits per heavy atom. The van der Waals surface area contributed by atoms with Crippen molar-refractivity contribution in [2.45, 2.75) is 0 Å². The van der Waals surface area contributed by atoms with Crippen molar-refractivity contribution >= 4 is 23.1 Å². The molecule has 0 aromatic heterocycles. The second kappa shape index (κ2) is 5.48. The van der Waals surface area contributed by atoms with Gasteiger partial charge in [-0.2, -0.15) is 0 Å². The number of rotatable bonds is 3. The zero-order valence-electron chi connectivity index (χ0n) is 10.9. The van der Waals surface area contributed by atoms with E-state index < -0.39 is 7.14 Å². The highest BCUT2D eigenvalue weighted by atomic mass is 31.2. The van der Waals surface area contributed by atoms with Crippen molar-refractivity contribution in [3.8, 4) is 0 Å². The van der Waals surface area contributed by atoms with Gasteiger partial charge in [-0.15, -0.1) is 0 Å². The van der Waals surface area contributed by atoms with Gasteiger partial charge in [0.15, 0.2) is 7.14 Å². The fourth-order valence-corrected chi connectivity index (χ4v) is 4.96. The van der Waals surface area contributed by atoms with Crippen LogP contribution in [0.2, 0.25) is 0 Å². The summed E-state index contributed by atoms with van der Waals surface area (Å²) in [5, 5.41) is 2.56. The summed E-state index contributed by atoms with van der Waals surface area (Å²) in [4.78, 5) is 0. The number of hydrogen-bond donors (Lipinski definition) is 0. The lowest BCUT2D eigenvalue weighted by Crippen LogP contribution is -2.24. The highest BCUT2D eigenvalue weighted by molar-refractivity contribution is 7.85. The molecule has 0 N–H and O–H groups in total. The smallest absolute Gasteiger partial charge is 0.171 e. The van der Waals surface area contributed by atoms with Gasteiger partial charge in [-0.1, -0.05) is 84.9 Å². The Hall–Kier alpha value is -2.11. The van der Waals surface area contributed by atoms with E-state index in [1.54, 1.807) is 0 Å². The van der Waals surface area contributed by atoms with E-state index in [-0.39, 0.29) is 0 Å². The van der Waals surface area contributed by atoms with Crippen LogP contribution in [-0.2, 0) is 4.57 Å². The van der Waals surface area contributed by atoms with Gasteiger partial charge in [0.25, 0.3) is 0 Å². The monoisotopic (exact) mass is 277 g/mol. The summed E-state index contributed by atoms with van der Waals surface area (Å²) in [6, 6.07) is 29.7. The maximum atomic E-state index is 13.8. The van der Waals surface area contributed by atoms with E-state index in [0.29, 0.717) is 0 Å². The van der Waals surface area contributed by atoms with Crippen LogP contribution in [0.3, 0.4) is 0 Å². The third kappa shape index (κ3) is 2.21. The zero-order chi connectivity index (χ0) is 13.8. The standard InChI is InChI=1S/C18H14OP/c19-20(16-10-4-1-5-11-16,17-12-6-2-7-13-17)18-14-8-3-9-15-18/h1-2,4-15H. The molecule has 0 saturated carbocycles. The van der Waals surface area contributed by atoms with Crippen LogP contribution in [0.25, 0.3) is 0 Å². The first-order chi connectivity index (χ1) is 9.82. The minimum Gasteiger partial charge on any atom is -0.309 e. The molecule has 0 unspecified atom stereocenters. The van der Waals surface area contributed by atoms with E-state index in [1.165, 1.54) is 0 Å². The van der Waals surface area contributed by atoms with E-state index >= 15 is 0 Å². The summed E-state index contributed by atoms with van der Waals surface area (Å²) >= 11 is 0. The van der Waals surface area contributed by atoms with Crippen molar-refractivity contribution < 1.29 is 4.57 Å². The van der Waals surface area contributed by atoms with Crippen LogP contribution in [-0.4, -0.2) is 0 Å². The molecule has 0 spiro atoms. The summed E-state index contributed by atoms with van der Waals surface area (Å²) in [5.74, 6) is 0. The molecule has 0 aliphatic heterocycles. The van der Waals surface area contributed by atoms with Gasteiger partial charge in [-0.05, 0) is 6.07 Å². The molecule has 3 aromatic rings. The van der Waals surface area contributed by atoms with Crippen LogP contribution in [0.1, 0.15) is 0 Å². The zero-order valence-corrected chi connectivity index (χ0v) is 11.8. The lowest BCUT2D eigenvalue weighted by molar-refractivity contribution is 0.592. The molecule has 0 aliphatic carbocycles. The first kappa shape index (κ1) is 12.9. The molecular weight excluding hydrogens is 263 g/mol. The Morgan fingerprint density at radius 1 is 0.600 bits per heavy atom. The van der Waals surface area contributed by atoms with E-state index in [1.807, 2.05) is 84.9 Å². The number of benzene rings is 3. The molecule has 20 heavy (non-hydrogen) atoms. The van der Waals surface area contributed by atoms with Crippen molar-refractivity contribution in [1.29, 1.82) is 0 Å². The fourth-order valence-electron chi connectivity index (χ4n) is 2.31. The fraction of sp³-hybridized carbons (Fsp3) is 0. The van der Waals surface area contributed by atoms with Crippen LogP contribution in [0.4, 0.5) is 0 Å².